The molecular weight excluding hydrogens is 377 g/mol. The third kappa shape index (κ3) is 3.80. The Labute approximate surface area is 171 Å². The average Bonchev–Trinajstić information content (AvgIpc) is 3.02. The molecular formula is C19H34FN7O2. The van der Waals surface area contributed by atoms with Crippen molar-refractivity contribution in [3.8, 4) is 0 Å². The van der Waals surface area contributed by atoms with Crippen molar-refractivity contribution in [1.29, 1.82) is 0 Å². The predicted octanol–water partition coefficient (Wildman–Crippen LogP) is -2.07. The molecule has 0 bridgehead atoms. The van der Waals surface area contributed by atoms with Crippen LogP contribution in [0.3, 0.4) is 0 Å². The Kier molecular flexibility index (Phi) is 5.52. The molecule has 5 fully saturated rings. The quantitative estimate of drug-likeness (QED) is 0.361. The van der Waals surface area contributed by atoms with Crippen LogP contribution in [0.4, 0.5) is 4.39 Å². The van der Waals surface area contributed by atoms with Gasteiger partial charge in [0.15, 0.2) is 0 Å². The van der Waals surface area contributed by atoms with Crippen LogP contribution in [0.15, 0.2) is 0 Å². The highest BCUT2D eigenvalue weighted by molar-refractivity contribution is 5.81. The normalized spacial score (nSPS) is 43.0. The number of hydrogen-bond acceptors (Lipinski definition) is 8. The Morgan fingerprint density at radius 2 is 2.17 bits per heavy atom. The Hall–Kier alpha value is -0.880. The first-order chi connectivity index (χ1) is 14.0. The summed E-state index contributed by atoms with van der Waals surface area (Å²) in [4.78, 5) is 15.8. The fourth-order valence-electron chi connectivity index (χ4n) is 5.84. The molecule has 5 heterocycles. The van der Waals surface area contributed by atoms with E-state index in [0.717, 1.165) is 45.8 Å². The maximum absolute atomic E-state index is 13.7. The molecule has 6 atom stereocenters. The first-order valence-electron chi connectivity index (χ1n) is 11.0. The Morgan fingerprint density at radius 1 is 1.31 bits per heavy atom. The summed E-state index contributed by atoms with van der Waals surface area (Å²) in [6.07, 6.45) is 1.72. The third-order valence-electron chi connectivity index (χ3n) is 7.37. The molecule has 6 unspecified atom stereocenters. The number of nitrogens with zero attached hydrogens (tertiary/aromatic N) is 2. The van der Waals surface area contributed by atoms with Crippen molar-refractivity contribution in [1.82, 2.24) is 31.3 Å². The van der Waals surface area contributed by atoms with Gasteiger partial charge < -0.3 is 21.1 Å². The number of alkyl halides is 1. The summed E-state index contributed by atoms with van der Waals surface area (Å²) in [6, 6.07) is 0.375. The zero-order valence-corrected chi connectivity index (χ0v) is 16.9. The molecule has 6 N–H and O–H groups in total. The van der Waals surface area contributed by atoms with Gasteiger partial charge in [0.25, 0.3) is 0 Å². The number of fused-ring (bicyclic) bond motifs is 1. The first kappa shape index (κ1) is 20.0. The van der Waals surface area contributed by atoms with Crippen LogP contribution in [0, 0.1) is 11.3 Å². The van der Waals surface area contributed by atoms with Gasteiger partial charge in [-0.05, 0) is 32.4 Å². The van der Waals surface area contributed by atoms with Crippen molar-refractivity contribution in [3.05, 3.63) is 0 Å². The lowest BCUT2D eigenvalue weighted by atomic mass is 9.77. The fourth-order valence-corrected chi connectivity index (χ4v) is 5.84. The Balaban J connectivity index is 1.25. The molecule has 0 aromatic rings. The highest BCUT2D eigenvalue weighted by atomic mass is 19.1. The monoisotopic (exact) mass is 411 g/mol. The number of ether oxygens (including phenoxy) is 1. The molecule has 10 heteroatoms. The minimum absolute atomic E-state index is 0.0474. The summed E-state index contributed by atoms with van der Waals surface area (Å²) < 4.78 is 19.2. The number of piperidine rings is 2. The van der Waals surface area contributed by atoms with Crippen LogP contribution in [0.1, 0.15) is 19.3 Å². The summed E-state index contributed by atoms with van der Waals surface area (Å²) in [7, 11) is 0. The smallest absolute Gasteiger partial charge is 0.229 e. The number of hydrazine groups is 1. The molecule has 29 heavy (non-hydrogen) atoms. The molecule has 0 radical (unpaired) electrons. The number of amides is 1. The van der Waals surface area contributed by atoms with Crippen molar-refractivity contribution in [2.45, 2.75) is 49.8 Å². The largest absolute Gasteiger partial charge is 0.380 e. The van der Waals surface area contributed by atoms with Gasteiger partial charge in [-0.3, -0.25) is 15.0 Å². The highest BCUT2D eigenvalue weighted by Gasteiger charge is 2.49. The van der Waals surface area contributed by atoms with E-state index in [-0.39, 0.29) is 31.2 Å². The average molecular weight is 412 g/mol. The standard InChI is InChI=1S/C19H34FN7O2/c20-12-6-23-17-15(16(21)25-27(17)8-12)18(28)24-13-7-22-4-2-14(13)26-5-1-3-19(9-26)10-29-11-19/h12-17,22-23,25H,1-11,21H2,(H,24,28). The number of halogens is 1. The van der Waals surface area contributed by atoms with Gasteiger partial charge in [-0.2, -0.15) is 0 Å². The first-order valence-corrected chi connectivity index (χ1v) is 11.0. The summed E-state index contributed by atoms with van der Waals surface area (Å²) in [6.45, 7) is 6.12. The second-order valence-corrected chi connectivity index (χ2v) is 9.53. The summed E-state index contributed by atoms with van der Waals surface area (Å²) in [5.74, 6) is -0.502. The minimum Gasteiger partial charge on any atom is -0.380 e. The van der Waals surface area contributed by atoms with Crippen LogP contribution in [-0.2, 0) is 9.53 Å². The van der Waals surface area contributed by atoms with E-state index in [0.29, 0.717) is 11.5 Å². The number of carbonyl (C=O) groups is 1. The molecule has 5 aliphatic rings. The number of nitrogens with one attached hydrogen (secondary N) is 4. The van der Waals surface area contributed by atoms with Crippen molar-refractivity contribution < 1.29 is 13.9 Å². The van der Waals surface area contributed by atoms with Gasteiger partial charge >= 0.3 is 0 Å². The lowest BCUT2D eigenvalue weighted by Gasteiger charge is -2.52. The number of carbonyl (C=O) groups excluding carboxylic acids is 1. The Bertz CT molecular complexity index is 621. The molecule has 5 rings (SSSR count). The van der Waals surface area contributed by atoms with E-state index in [1.807, 2.05) is 0 Å². The zero-order valence-electron chi connectivity index (χ0n) is 16.9. The van der Waals surface area contributed by atoms with Gasteiger partial charge in [0.2, 0.25) is 5.91 Å². The predicted molar refractivity (Wildman–Crippen MR) is 105 cm³/mol. The van der Waals surface area contributed by atoms with Gasteiger partial charge in [0.1, 0.15) is 6.17 Å². The molecule has 0 aromatic carbocycles. The molecule has 0 saturated carbocycles. The van der Waals surface area contributed by atoms with Crippen LogP contribution < -0.4 is 27.1 Å². The van der Waals surface area contributed by atoms with Crippen molar-refractivity contribution >= 4 is 5.91 Å². The summed E-state index contributed by atoms with van der Waals surface area (Å²) in [5, 5.41) is 11.6. The number of hydrogen-bond donors (Lipinski definition) is 5. The number of nitrogens with two attached hydrogens (primary N) is 1. The topological polar surface area (TPSA) is 107 Å². The van der Waals surface area contributed by atoms with Crippen LogP contribution in [0.25, 0.3) is 0 Å². The highest BCUT2D eigenvalue weighted by Crippen LogP contribution is 2.38. The molecule has 1 spiro atoms. The SMILES string of the molecule is NC1NN2CC(F)CNC2C1C(=O)NC1CNCCC1N1CCCC2(COC2)C1. The minimum atomic E-state index is -0.957. The van der Waals surface area contributed by atoms with E-state index >= 15 is 0 Å². The van der Waals surface area contributed by atoms with E-state index in [1.54, 1.807) is 5.01 Å². The van der Waals surface area contributed by atoms with Gasteiger partial charge in [-0.25, -0.2) is 14.8 Å². The fraction of sp³-hybridized carbons (Fsp3) is 0.947. The van der Waals surface area contributed by atoms with E-state index < -0.39 is 18.3 Å². The van der Waals surface area contributed by atoms with Crippen LogP contribution in [0.5, 0.6) is 0 Å². The maximum atomic E-state index is 13.7. The molecule has 9 nitrogen and oxygen atoms in total. The van der Waals surface area contributed by atoms with Crippen molar-refractivity contribution in [2.24, 2.45) is 17.1 Å². The van der Waals surface area contributed by atoms with Crippen molar-refractivity contribution in [2.75, 3.05) is 52.5 Å². The molecule has 5 saturated heterocycles. The summed E-state index contributed by atoms with van der Waals surface area (Å²) in [5.41, 5.74) is 9.60. The van der Waals surface area contributed by atoms with E-state index in [1.165, 1.54) is 12.8 Å². The molecule has 0 aliphatic carbocycles. The molecule has 5 aliphatic heterocycles. The molecule has 1 amide bonds. The lowest BCUT2D eigenvalue weighted by molar-refractivity contribution is -0.152. The maximum Gasteiger partial charge on any atom is 0.229 e. The van der Waals surface area contributed by atoms with E-state index in [9.17, 15) is 9.18 Å². The third-order valence-corrected chi connectivity index (χ3v) is 7.37. The molecule has 0 aromatic heterocycles. The van der Waals surface area contributed by atoms with E-state index in [4.69, 9.17) is 10.5 Å². The van der Waals surface area contributed by atoms with Crippen LogP contribution >= 0.6 is 0 Å². The zero-order chi connectivity index (χ0) is 20.0. The Morgan fingerprint density at radius 3 is 2.97 bits per heavy atom. The lowest BCUT2D eigenvalue weighted by Crippen LogP contribution is -2.65. The second kappa shape index (κ2) is 7.99. The molecule has 164 valence electrons. The summed E-state index contributed by atoms with van der Waals surface area (Å²) >= 11 is 0. The van der Waals surface area contributed by atoms with Gasteiger partial charge in [-0.1, -0.05) is 0 Å². The number of likely N-dealkylation sites (tertiary alicyclic amines) is 1. The van der Waals surface area contributed by atoms with Crippen LogP contribution in [0.2, 0.25) is 0 Å². The van der Waals surface area contributed by atoms with Gasteiger partial charge in [0.05, 0.1) is 37.5 Å². The van der Waals surface area contributed by atoms with Gasteiger partial charge in [-0.15, -0.1) is 0 Å². The second-order valence-electron chi connectivity index (χ2n) is 9.53. The van der Waals surface area contributed by atoms with Gasteiger partial charge in [0, 0.05) is 37.6 Å². The van der Waals surface area contributed by atoms with Crippen molar-refractivity contribution in [3.63, 3.8) is 0 Å². The van der Waals surface area contributed by atoms with Crippen LogP contribution in [-0.4, -0.2) is 98.9 Å². The number of rotatable bonds is 3. The van der Waals surface area contributed by atoms with E-state index in [2.05, 4.69) is 26.3 Å².